The van der Waals surface area contributed by atoms with Crippen LogP contribution >= 0.6 is 0 Å². The van der Waals surface area contributed by atoms with Crippen molar-refractivity contribution in [2.75, 3.05) is 5.32 Å². The van der Waals surface area contributed by atoms with Gasteiger partial charge in [0.15, 0.2) is 5.82 Å². The molecular formula is C23H19FN4O. The third-order valence-electron chi connectivity index (χ3n) is 4.50. The van der Waals surface area contributed by atoms with Crippen molar-refractivity contribution < 1.29 is 9.18 Å². The van der Waals surface area contributed by atoms with Crippen LogP contribution in [0.4, 0.5) is 10.1 Å². The number of nitrogens with one attached hydrogen (secondary N) is 1. The predicted octanol–water partition coefficient (Wildman–Crippen LogP) is 4.94. The molecule has 0 unspecified atom stereocenters. The summed E-state index contributed by atoms with van der Waals surface area (Å²) >= 11 is 0. The molecule has 1 heterocycles. The molecule has 0 aliphatic carbocycles. The molecule has 0 spiro atoms. The number of aryl methyl sites for hydroxylation is 2. The Hall–Kier alpha value is -3.80. The van der Waals surface area contributed by atoms with Gasteiger partial charge in [0.25, 0.3) is 5.91 Å². The van der Waals surface area contributed by atoms with Crippen LogP contribution in [0, 0.1) is 19.7 Å². The lowest BCUT2D eigenvalue weighted by Gasteiger charge is -2.06. The van der Waals surface area contributed by atoms with Crippen LogP contribution in [-0.2, 0) is 0 Å². The standard InChI is InChI=1S/C23H19FN4O/c1-15-3-7-17(8-4-15)22-26-21(23(29)25-19-11-9-18(24)10-12-19)27-28(22)20-13-5-16(2)6-14-20/h3-14H,1-2H3,(H,25,29). The molecule has 4 rings (SSSR count). The van der Waals surface area contributed by atoms with Gasteiger partial charge in [-0.05, 0) is 50.2 Å². The molecule has 0 aliphatic rings. The smallest absolute Gasteiger partial charge is 0.295 e. The number of carbonyl (C=O) groups is 1. The van der Waals surface area contributed by atoms with Crippen molar-refractivity contribution in [3.8, 4) is 17.1 Å². The second kappa shape index (κ2) is 7.67. The van der Waals surface area contributed by atoms with Crippen molar-refractivity contribution in [2.24, 2.45) is 0 Å². The van der Waals surface area contributed by atoms with Crippen LogP contribution in [0.1, 0.15) is 21.7 Å². The number of hydrogen-bond donors (Lipinski definition) is 1. The van der Waals surface area contributed by atoms with Gasteiger partial charge in [-0.25, -0.2) is 14.1 Å². The van der Waals surface area contributed by atoms with Gasteiger partial charge in [-0.3, -0.25) is 4.79 Å². The van der Waals surface area contributed by atoms with Crippen molar-refractivity contribution in [1.82, 2.24) is 14.8 Å². The van der Waals surface area contributed by atoms with E-state index in [1.807, 2.05) is 62.4 Å². The number of carbonyl (C=O) groups excluding carboxylic acids is 1. The largest absolute Gasteiger partial charge is 0.319 e. The van der Waals surface area contributed by atoms with Gasteiger partial charge in [-0.2, -0.15) is 0 Å². The highest BCUT2D eigenvalue weighted by atomic mass is 19.1. The van der Waals surface area contributed by atoms with E-state index in [1.165, 1.54) is 24.3 Å². The summed E-state index contributed by atoms with van der Waals surface area (Å²) in [6.07, 6.45) is 0. The Kier molecular flexibility index (Phi) is 4.91. The van der Waals surface area contributed by atoms with E-state index < -0.39 is 5.91 Å². The lowest BCUT2D eigenvalue weighted by Crippen LogP contribution is -2.14. The fraction of sp³-hybridized carbons (Fsp3) is 0.0870. The lowest BCUT2D eigenvalue weighted by atomic mass is 10.1. The van der Waals surface area contributed by atoms with Crippen molar-refractivity contribution in [3.05, 3.63) is 95.6 Å². The molecule has 4 aromatic rings. The van der Waals surface area contributed by atoms with E-state index in [-0.39, 0.29) is 11.6 Å². The Morgan fingerprint density at radius 3 is 2.07 bits per heavy atom. The Labute approximate surface area is 167 Å². The molecule has 6 heteroatoms. The first-order valence-corrected chi connectivity index (χ1v) is 9.18. The fourth-order valence-electron chi connectivity index (χ4n) is 2.88. The maximum absolute atomic E-state index is 13.1. The van der Waals surface area contributed by atoms with E-state index in [0.717, 1.165) is 22.4 Å². The molecular weight excluding hydrogens is 367 g/mol. The van der Waals surface area contributed by atoms with Crippen LogP contribution in [0.2, 0.25) is 0 Å². The van der Waals surface area contributed by atoms with E-state index in [4.69, 9.17) is 0 Å². The number of nitrogens with zero attached hydrogens (tertiary/aromatic N) is 3. The summed E-state index contributed by atoms with van der Waals surface area (Å²) in [7, 11) is 0. The molecule has 1 aromatic heterocycles. The Morgan fingerprint density at radius 1 is 0.862 bits per heavy atom. The van der Waals surface area contributed by atoms with Crippen molar-refractivity contribution >= 4 is 11.6 Å². The SMILES string of the molecule is Cc1ccc(-c2nc(C(=O)Nc3ccc(F)cc3)nn2-c2ccc(C)cc2)cc1. The maximum Gasteiger partial charge on any atom is 0.295 e. The summed E-state index contributed by atoms with van der Waals surface area (Å²) < 4.78 is 14.8. The Bertz CT molecular complexity index is 1080. The van der Waals surface area contributed by atoms with Gasteiger partial charge in [-0.15, -0.1) is 5.10 Å². The predicted molar refractivity (Wildman–Crippen MR) is 111 cm³/mol. The number of rotatable bonds is 4. The topological polar surface area (TPSA) is 59.8 Å². The summed E-state index contributed by atoms with van der Waals surface area (Å²) in [5.74, 6) is -0.231. The quantitative estimate of drug-likeness (QED) is 0.540. The highest BCUT2D eigenvalue weighted by molar-refractivity contribution is 6.01. The van der Waals surface area contributed by atoms with Crippen molar-refractivity contribution in [3.63, 3.8) is 0 Å². The maximum atomic E-state index is 13.1. The second-order valence-corrected chi connectivity index (χ2v) is 6.83. The Morgan fingerprint density at radius 2 is 1.45 bits per heavy atom. The molecule has 29 heavy (non-hydrogen) atoms. The first-order valence-electron chi connectivity index (χ1n) is 9.18. The average molecular weight is 386 g/mol. The van der Waals surface area contributed by atoms with E-state index >= 15 is 0 Å². The van der Waals surface area contributed by atoms with Crippen LogP contribution in [0.3, 0.4) is 0 Å². The summed E-state index contributed by atoms with van der Waals surface area (Å²) in [5.41, 5.74) is 4.38. The van der Waals surface area contributed by atoms with Crippen LogP contribution in [0.15, 0.2) is 72.8 Å². The highest BCUT2D eigenvalue weighted by Crippen LogP contribution is 2.22. The third-order valence-corrected chi connectivity index (χ3v) is 4.50. The molecule has 144 valence electrons. The molecule has 1 N–H and O–H groups in total. The van der Waals surface area contributed by atoms with Crippen LogP contribution in [0.5, 0.6) is 0 Å². The monoisotopic (exact) mass is 386 g/mol. The zero-order valence-corrected chi connectivity index (χ0v) is 16.1. The number of anilines is 1. The first-order chi connectivity index (χ1) is 14.0. The third kappa shape index (κ3) is 4.06. The number of aromatic nitrogens is 3. The average Bonchev–Trinajstić information content (AvgIpc) is 3.16. The minimum atomic E-state index is -0.462. The summed E-state index contributed by atoms with van der Waals surface area (Å²) in [4.78, 5) is 17.2. The van der Waals surface area contributed by atoms with Gasteiger partial charge in [0.2, 0.25) is 5.82 Å². The van der Waals surface area contributed by atoms with E-state index in [2.05, 4.69) is 15.4 Å². The first kappa shape index (κ1) is 18.6. The van der Waals surface area contributed by atoms with Crippen LogP contribution in [0.25, 0.3) is 17.1 Å². The molecule has 0 fully saturated rings. The summed E-state index contributed by atoms with van der Waals surface area (Å²) in [6, 6.07) is 21.3. The number of benzene rings is 3. The van der Waals surface area contributed by atoms with Crippen molar-refractivity contribution in [2.45, 2.75) is 13.8 Å². The molecule has 0 saturated heterocycles. The zero-order chi connectivity index (χ0) is 20.4. The van der Waals surface area contributed by atoms with E-state index in [1.54, 1.807) is 4.68 Å². The number of hydrogen-bond acceptors (Lipinski definition) is 3. The zero-order valence-electron chi connectivity index (χ0n) is 16.1. The van der Waals surface area contributed by atoms with Crippen LogP contribution < -0.4 is 5.32 Å². The summed E-state index contributed by atoms with van der Waals surface area (Å²) in [6.45, 7) is 4.02. The van der Waals surface area contributed by atoms with Crippen molar-refractivity contribution in [1.29, 1.82) is 0 Å². The molecule has 0 saturated carbocycles. The highest BCUT2D eigenvalue weighted by Gasteiger charge is 2.19. The molecule has 0 radical (unpaired) electrons. The van der Waals surface area contributed by atoms with Gasteiger partial charge in [0.05, 0.1) is 5.69 Å². The number of halogens is 1. The molecule has 0 atom stereocenters. The van der Waals surface area contributed by atoms with Crippen LogP contribution in [-0.4, -0.2) is 20.7 Å². The minimum absolute atomic E-state index is 0.0328. The second-order valence-electron chi connectivity index (χ2n) is 6.83. The number of amides is 1. The van der Waals surface area contributed by atoms with Gasteiger partial charge >= 0.3 is 0 Å². The fourth-order valence-corrected chi connectivity index (χ4v) is 2.88. The molecule has 0 aliphatic heterocycles. The molecule has 3 aromatic carbocycles. The molecule has 5 nitrogen and oxygen atoms in total. The lowest BCUT2D eigenvalue weighted by molar-refractivity contribution is 0.101. The summed E-state index contributed by atoms with van der Waals surface area (Å²) in [5, 5.41) is 7.15. The molecule has 0 bridgehead atoms. The van der Waals surface area contributed by atoms with E-state index in [9.17, 15) is 9.18 Å². The van der Waals surface area contributed by atoms with E-state index in [0.29, 0.717) is 11.5 Å². The van der Waals surface area contributed by atoms with Gasteiger partial charge in [-0.1, -0.05) is 47.5 Å². The molecule has 1 amide bonds. The van der Waals surface area contributed by atoms with Gasteiger partial charge < -0.3 is 5.32 Å². The van der Waals surface area contributed by atoms with Gasteiger partial charge in [0.1, 0.15) is 5.82 Å². The van der Waals surface area contributed by atoms with Gasteiger partial charge in [0, 0.05) is 11.3 Å². The Balaban J connectivity index is 1.74. The normalized spacial score (nSPS) is 10.7. The minimum Gasteiger partial charge on any atom is -0.319 e.